The first kappa shape index (κ1) is 37.5. The minimum absolute atomic E-state index is 0.118. The maximum Gasteiger partial charge on any atom is 0.243 e. The maximum absolute atomic E-state index is 13.9. The molecule has 0 spiro atoms. The number of hydrogen-bond acceptors (Lipinski definition) is 6. The van der Waals surface area contributed by atoms with Gasteiger partial charge in [0.25, 0.3) is 0 Å². The molecule has 3 rings (SSSR count). The van der Waals surface area contributed by atoms with E-state index < -0.39 is 62.4 Å². The molecule has 2 amide bonds. The van der Waals surface area contributed by atoms with Crippen LogP contribution >= 0.6 is 0 Å². The van der Waals surface area contributed by atoms with Gasteiger partial charge in [0.2, 0.25) is 11.8 Å². The van der Waals surface area contributed by atoms with Gasteiger partial charge in [-0.05, 0) is 68.2 Å². The normalized spacial score (nSPS) is 17.9. The van der Waals surface area contributed by atoms with Gasteiger partial charge in [-0.1, -0.05) is 88.4 Å². The average molecular weight is 655 g/mol. The van der Waals surface area contributed by atoms with Crippen LogP contribution in [0.5, 0.6) is 0 Å². The summed E-state index contributed by atoms with van der Waals surface area (Å²) in [5.74, 6) is 0.387. The van der Waals surface area contributed by atoms with Gasteiger partial charge < -0.3 is 20.8 Å². The lowest BCUT2D eigenvalue weighted by molar-refractivity contribution is -0.132. The molecule has 2 aromatic rings. The number of amides is 2. The average Bonchev–Trinajstić information content (AvgIpc) is 2.99. The van der Waals surface area contributed by atoms with Crippen molar-refractivity contribution in [3.8, 4) is 12.3 Å². The Morgan fingerprint density at radius 3 is 2.24 bits per heavy atom. The van der Waals surface area contributed by atoms with E-state index in [9.17, 15) is 28.2 Å². The molecular weight excluding hydrogens is 600 g/mol. The molecule has 254 valence electrons. The summed E-state index contributed by atoms with van der Waals surface area (Å²) in [7, 11) is -3.70. The van der Waals surface area contributed by atoms with Crippen LogP contribution in [0.15, 0.2) is 42.5 Å². The summed E-state index contributed by atoms with van der Waals surface area (Å²) in [5.41, 5.74) is 0.802. The highest BCUT2D eigenvalue weighted by Gasteiger charge is 2.37. The fraction of sp³-hybridized carbons (Fsp3) is 0.622. The van der Waals surface area contributed by atoms with Crippen LogP contribution in [0.25, 0.3) is 10.8 Å². The molecule has 0 unspecified atom stereocenters. The van der Waals surface area contributed by atoms with Crippen LogP contribution in [0, 0.1) is 30.1 Å². The first-order valence-electron chi connectivity index (χ1n) is 16.7. The zero-order valence-corrected chi connectivity index (χ0v) is 29.0. The Morgan fingerprint density at radius 1 is 0.978 bits per heavy atom. The molecule has 46 heavy (non-hydrogen) atoms. The summed E-state index contributed by atoms with van der Waals surface area (Å²) in [6.45, 7) is 8.73. The third-order valence-electron chi connectivity index (χ3n) is 9.13. The van der Waals surface area contributed by atoms with Crippen molar-refractivity contribution < 1.29 is 28.2 Å². The van der Waals surface area contributed by atoms with Crippen LogP contribution in [-0.2, 0) is 25.8 Å². The quantitative estimate of drug-likeness (QED) is 0.201. The molecule has 1 fully saturated rings. The minimum atomic E-state index is -3.70. The van der Waals surface area contributed by atoms with Crippen molar-refractivity contribution in [2.75, 3.05) is 5.75 Å². The number of carbonyl (C=O) groups is 2. The molecule has 1 aliphatic rings. The largest absolute Gasteiger partial charge is 0.390 e. The Kier molecular flexibility index (Phi) is 13.7. The van der Waals surface area contributed by atoms with Gasteiger partial charge in [-0.25, -0.2) is 8.42 Å². The number of hydrogen-bond donors (Lipinski definition) is 4. The molecule has 2 aromatic carbocycles. The van der Waals surface area contributed by atoms with Gasteiger partial charge in [0, 0.05) is 6.42 Å². The van der Waals surface area contributed by atoms with Crippen molar-refractivity contribution in [1.82, 2.24) is 10.6 Å². The van der Waals surface area contributed by atoms with E-state index in [1.165, 1.54) is 0 Å². The molecule has 0 bridgehead atoms. The van der Waals surface area contributed by atoms with Gasteiger partial charge in [0.15, 0.2) is 9.84 Å². The number of terminal acetylenes is 1. The highest BCUT2D eigenvalue weighted by Crippen LogP contribution is 2.29. The van der Waals surface area contributed by atoms with E-state index in [4.69, 9.17) is 6.42 Å². The lowest BCUT2D eigenvalue weighted by atomic mass is 9.82. The summed E-state index contributed by atoms with van der Waals surface area (Å²) in [4.78, 5) is 27.6. The summed E-state index contributed by atoms with van der Waals surface area (Å²) < 4.78 is 25.6. The lowest BCUT2D eigenvalue weighted by Crippen LogP contribution is -2.56. The molecule has 0 saturated heterocycles. The van der Waals surface area contributed by atoms with E-state index in [1.807, 2.05) is 56.3 Å². The minimum Gasteiger partial charge on any atom is -0.390 e. The fourth-order valence-electron chi connectivity index (χ4n) is 6.25. The van der Waals surface area contributed by atoms with Crippen LogP contribution in [0.2, 0.25) is 0 Å². The number of rotatable bonds is 15. The van der Waals surface area contributed by atoms with Gasteiger partial charge in [0.1, 0.15) is 12.1 Å². The molecule has 0 radical (unpaired) electrons. The summed E-state index contributed by atoms with van der Waals surface area (Å²) in [5, 5.41) is 29.6. The molecule has 0 heterocycles. The highest BCUT2D eigenvalue weighted by molar-refractivity contribution is 7.92. The van der Waals surface area contributed by atoms with Crippen LogP contribution in [0.1, 0.15) is 91.5 Å². The van der Waals surface area contributed by atoms with E-state index in [1.54, 1.807) is 20.8 Å². The molecule has 9 heteroatoms. The Hall–Kier alpha value is -2.93. The fourth-order valence-corrected chi connectivity index (χ4v) is 7.55. The van der Waals surface area contributed by atoms with Crippen LogP contribution in [0.3, 0.4) is 0 Å². The molecule has 1 saturated carbocycles. The second-order valence-electron chi connectivity index (χ2n) is 14.5. The first-order valence-corrected chi connectivity index (χ1v) is 18.4. The first-order chi connectivity index (χ1) is 21.6. The molecule has 0 aromatic heterocycles. The number of carbonyl (C=O) groups excluding carboxylic acids is 2. The lowest BCUT2D eigenvalue weighted by Gasteiger charge is -2.33. The predicted molar refractivity (Wildman–Crippen MR) is 185 cm³/mol. The zero-order valence-electron chi connectivity index (χ0n) is 28.2. The maximum atomic E-state index is 13.9. The number of benzene rings is 2. The SMILES string of the molecule is C#CC[C@H](NC(=O)[C@H](Cc1ccc2ccccc2c1)CS(=O)(=O)C(C)(C)C)C(=O)N[C@@H](CC1CCCCC1)[C@@H](O)[C@@H](O)CC(C)C. The smallest absolute Gasteiger partial charge is 0.243 e. The molecular formula is C37H54N2O6S. The number of fused-ring (bicyclic) bond motifs is 1. The van der Waals surface area contributed by atoms with Crippen molar-refractivity contribution >= 4 is 32.4 Å². The topological polar surface area (TPSA) is 133 Å². The van der Waals surface area contributed by atoms with Gasteiger partial charge in [-0.3, -0.25) is 9.59 Å². The van der Waals surface area contributed by atoms with Crippen molar-refractivity contribution in [2.45, 2.75) is 121 Å². The molecule has 4 N–H and O–H groups in total. The van der Waals surface area contributed by atoms with Crippen LogP contribution in [0.4, 0.5) is 0 Å². The Balaban J connectivity index is 1.85. The molecule has 0 aliphatic heterocycles. The van der Waals surface area contributed by atoms with E-state index in [0.717, 1.165) is 48.4 Å². The van der Waals surface area contributed by atoms with E-state index in [-0.39, 0.29) is 18.8 Å². The van der Waals surface area contributed by atoms with Gasteiger partial charge in [-0.2, -0.15) is 0 Å². The van der Waals surface area contributed by atoms with Gasteiger partial charge in [-0.15, -0.1) is 12.3 Å². The summed E-state index contributed by atoms with van der Waals surface area (Å²) in [6.07, 6.45) is 9.65. The van der Waals surface area contributed by atoms with Crippen LogP contribution < -0.4 is 10.6 Å². The number of nitrogens with one attached hydrogen (secondary N) is 2. The Bertz CT molecular complexity index is 1450. The Morgan fingerprint density at radius 2 is 1.63 bits per heavy atom. The van der Waals surface area contributed by atoms with E-state index in [0.29, 0.717) is 18.8 Å². The Labute approximate surface area is 276 Å². The van der Waals surface area contributed by atoms with Crippen molar-refractivity contribution in [1.29, 1.82) is 0 Å². The second-order valence-corrected chi connectivity index (χ2v) is 17.3. The third kappa shape index (κ3) is 10.8. The predicted octanol–water partition coefficient (Wildman–Crippen LogP) is 4.94. The van der Waals surface area contributed by atoms with Gasteiger partial charge in [0.05, 0.1) is 28.6 Å². The van der Waals surface area contributed by atoms with Crippen molar-refractivity contribution in [3.05, 3.63) is 48.0 Å². The second kappa shape index (κ2) is 16.8. The monoisotopic (exact) mass is 654 g/mol. The summed E-state index contributed by atoms with van der Waals surface area (Å²) >= 11 is 0. The summed E-state index contributed by atoms with van der Waals surface area (Å²) in [6, 6.07) is 11.7. The van der Waals surface area contributed by atoms with Crippen LogP contribution in [-0.4, -0.2) is 65.2 Å². The number of aliphatic hydroxyl groups excluding tert-OH is 2. The molecule has 1 aliphatic carbocycles. The van der Waals surface area contributed by atoms with Crippen molar-refractivity contribution in [3.63, 3.8) is 0 Å². The highest BCUT2D eigenvalue weighted by atomic mass is 32.2. The van der Waals surface area contributed by atoms with Crippen molar-refractivity contribution in [2.24, 2.45) is 17.8 Å². The number of aliphatic hydroxyl groups is 2. The standard InChI is InChI=1S/C37H54N2O6S/c1-7-13-31(36(43)39-32(23-26-14-9-8-10-15-26)34(41)33(40)20-25(2)3)38-35(42)30(24-46(44,45)37(4,5)6)22-27-18-19-28-16-11-12-17-29(28)21-27/h1,11-12,16-19,21,25-26,30-34,40-41H,8-10,13-15,20,22-24H2,2-6H3,(H,38,42)(H,39,43)/t30-,31+,32+,33+,34-/m1/s1. The molecule has 8 nitrogen and oxygen atoms in total. The van der Waals surface area contributed by atoms with E-state index in [2.05, 4.69) is 16.6 Å². The number of sulfone groups is 1. The third-order valence-corrected chi connectivity index (χ3v) is 11.8. The van der Waals surface area contributed by atoms with E-state index >= 15 is 0 Å². The zero-order chi connectivity index (χ0) is 34.1. The molecule has 5 atom stereocenters. The van der Waals surface area contributed by atoms with Gasteiger partial charge >= 0.3 is 0 Å².